The van der Waals surface area contributed by atoms with Crippen LogP contribution in [0.3, 0.4) is 0 Å². The molecule has 1 aliphatic rings. The van der Waals surface area contributed by atoms with Gasteiger partial charge >= 0.3 is 0 Å². The molecular formula is C22H26N3OS+. The highest BCUT2D eigenvalue weighted by atomic mass is 32.1. The van der Waals surface area contributed by atoms with Gasteiger partial charge in [0.15, 0.2) is 6.54 Å². The molecule has 0 bridgehead atoms. The number of nitrogens with zero attached hydrogens (tertiary/aromatic N) is 2. The Morgan fingerprint density at radius 1 is 1.11 bits per heavy atom. The van der Waals surface area contributed by atoms with Gasteiger partial charge in [0.05, 0.1) is 22.3 Å². The molecule has 0 saturated carbocycles. The lowest BCUT2D eigenvalue weighted by molar-refractivity contribution is -0.885. The summed E-state index contributed by atoms with van der Waals surface area (Å²) < 4.78 is 1.26. The van der Waals surface area contributed by atoms with Crippen molar-refractivity contribution in [2.24, 2.45) is 0 Å². The average molecular weight is 381 g/mol. The number of rotatable bonds is 5. The van der Waals surface area contributed by atoms with Gasteiger partial charge in [-0.3, -0.25) is 4.79 Å². The van der Waals surface area contributed by atoms with E-state index in [0.717, 1.165) is 38.0 Å². The Labute approximate surface area is 164 Å². The third kappa shape index (κ3) is 4.37. The molecule has 1 saturated heterocycles. The Morgan fingerprint density at radius 2 is 1.81 bits per heavy atom. The van der Waals surface area contributed by atoms with Gasteiger partial charge in [-0.25, -0.2) is 4.98 Å². The van der Waals surface area contributed by atoms with Crippen molar-refractivity contribution in [1.29, 1.82) is 0 Å². The number of fused-ring (bicyclic) bond motifs is 1. The molecule has 0 aliphatic carbocycles. The van der Waals surface area contributed by atoms with E-state index in [0.29, 0.717) is 12.5 Å². The Kier molecular flexibility index (Phi) is 5.50. The summed E-state index contributed by atoms with van der Waals surface area (Å²) in [6, 6.07) is 18.7. The molecule has 4 nitrogen and oxygen atoms in total. The van der Waals surface area contributed by atoms with Gasteiger partial charge in [-0.15, -0.1) is 11.3 Å². The van der Waals surface area contributed by atoms with Gasteiger partial charge in [0.25, 0.3) is 5.91 Å². The van der Waals surface area contributed by atoms with Gasteiger partial charge in [0, 0.05) is 24.6 Å². The van der Waals surface area contributed by atoms with Crippen molar-refractivity contribution < 1.29 is 9.69 Å². The van der Waals surface area contributed by atoms with E-state index in [1.165, 1.54) is 20.2 Å². The Hall–Kier alpha value is -2.24. The third-order valence-electron chi connectivity index (χ3n) is 5.31. The first-order chi connectivity index (χ1) is 13.2. The maximum absolute atomic E-state index is 12.7. The zero-order valence-corrected chi connectivity index (χ0v) is 16.5. The van der Waals surface area contributed by atoms with E-state index in [1.807, 2.05) is 17.0 Å². The summed E-state index contributed by atoms with van der Waals surface area (Å²) in [5.41, 5.74) is 2.37. The van der Waals surface area contributed by atoms with Crippen molar-refractivity contribution in [3.8, 4) is 0 Å². The van der Waals surface area contributed by atoms with Gasteiger partial charge < -0.3 is 9.80 Å². The van der Waals surface area contributed by atoms with Crippen LogP contribution >= 0.6 is 11.3 Å². The number of likely N-dealkylation sites (tertiary alicyclic amines) is 1. The minimum atomic E-state index is 0.270. The molecule has 0 spiro atoms. The van der Waals surface area contributed by atoms with Gasteiger partial charge in [-0.2, -0.15) is 0 Å². The van der Waals surface area contributed by atoms with Crippen LogP contribution in [0.25, 0.3) is 10.2 Å². The zero-order chi connectivity index (χ0) is 18.6. The number of amides is 1. The van der Waals surface area contributed by atoms with Crippen LogP contribution in [-0.2, 0) is 11.3 Å². The summed E-state index contributed by atoms with van der Waals surface area (Å²) in [5, 5.41) is 1.23. The topological polar surface area (TPSA) is 37.6 Å². The Morgan fingerprint density at radius 3 is 2.56 bits per heavy atom. The standard InChI is InChI=1S/C22H25N3OS/c1-24(15-17-7-3-2-4-8-17)16-21(26)25-13-11-18(12-14-25)22-23-19-9-5-6-10-20(19)27-22/h2-10,18H,11-16H2,1H3/p+1. The molecular weight excluding hydrogens is 354 g/mol. The molecule has 27 heavy (non-hydrogen) atoms. The highest BCUT2D eigenvalue weighted by Crippen LogP contribution is 2.33. The molecule has 1 aromatic heterocycles. The molecule has 3 aromatic rings. The molecule has 2 heterocycles. The predicted octanol–water partition coefficient (Wildman–Crippen LogP) is 2.72. The van der Waals surface area contributed by atoms with Crippen LogP contribution in [0.4, 0.5) is 0 Å². The summed E-state index contributed by atoms with van der Waals surface area (Å²) in [5.74, 6) is 0.757. The van der Waals surface area contributed by atoms with Crippen molar-refractivity contribution in [2.75, 3.05) is 26.7 Å². The maximum atomic E-state index is 12.7. The molecule has 1 atom stereocenters. The molecule has 140 valence electrons. The number of quaternary nitrogens is 1. The second kappa shape index (κ2) is 8.19. The predicted molar refractivity (Wildman–Crippen MR) is 110 cm³/mol. The van der Waals surface area contributed by atoms with Gasteiger partial charge in [-0.1, -0.05) is 42.5 Å². The van der Waals surface area contributed by atoms with E-state index < -0.39 is 0 Å². The van der Waals surface area contributed by atoms with Gasteiger partial charge in [-0.05, 0) is 25.0 Å². The first-order valence-electron chi connectivity index (χ1n) is 9.67. The smallest absolute Gasteiger partial charge is 0.277 e. The van der Waals surface area contributed by atoms with Crippen LogP contribution in [-0.4, -0.2) is 42.5 Å². The van der Waals surface area contributed by atoms with Gasteiger partial charge in [0.2, 0.25) is 0 Å². The number of piperidine rings is 1. The highest BCUT2D eigenvalue weighted by Gasteiger charge is 2.27. The number of aromatic nitrogens is 1. The maximum Gasteiger partial charge on any atom is 0.277 e. The first kappa shape index (κ1) is 18.1. The number of hydrogen-bond donors (Lipinski definition) is 1. The lowest BCUT2D eigenvalue weighted by atomic mass is 9.97. The number of benzene rings is 2. The Balaban J connectivity index is 1.30. The van der Waals surface area contributed by atoms with Crippen LogP contribution < -0.4 is 4.90 Å². The minimum absolute atomic E-state index is 0.270. The molecule has 1 unspecified atom stereocenters. The van der Waals surface area contributed by atoms with Crippen LogP contribution in [0.2, 0.25) is 0 Å². The summed E-state index contributed by atoms with van der Waals surface area (Å²) >= 11 is 1.81. The average Bonchev–Trinajstić information content (AvgIpc) is 3.13. The van der Waals surface area contributed by atoms with E-state index in [2.05, 4.69) is 49.5 Å². The summed E-state index contributed by atoms with van der Waals surface area (Å²) in [6.07, 6.45) is 2.03. The summed E-state index contributed by atoms with van der Waals surface area (Å²) in [6.45, 7) is 3.13. The fourth-order valence-corrected chi connectivity index (χ4v) is 4.95. The highest BCUT2D eigenvalue weighted by molar-refractivity contribution is 7.18. The molecule has 1 fully saturated rings. The van der Waals surface area contributed by atoms with Crippen molar-refractivity contribution in [3.05, 3.63) is 65.2 Å². The summed E-state index contributed by atoms with van der Waals surface area (Å²) in [7, 11) is 2.10. The number of hydrogen-bond acceptors (Lipinski definition) is 3. The van der Waals surface area contributed by atoms with Crippen LogP contribution in [0.5, 0.6) is 0 Å². The van der Waals surface area contributed by atoms with Crippen molar-refractivity contribution in [2.45, 2.75) is 25.3 Å². The van der Waals surface area contributed by atoms with E-state index in [9.17, 15) is 4.79 Å². The molecule has 2 aromatic carbocycles. The number of carbonyl (C=O) groups excluding carboxylic acids is 1. The van der Waals surface area contributed by atoms with Gasteiger partial charge in [0.1, 0.15) is 6.54 Å². The normalized spacial score (nSPS) is 16.6. The molecule has 5 heteroatoms. The van der Waals surface area contributed by atoms with E-state index >= 15 is 0 Å². The minimum Gasteiger partial charge on any atom is -0.338 e. The van der Waals surface area contributed by atoms with E-state index in [-0.39, 0.29) is 5.91 Å². The second-order valence-electron chi connectivity index (χ2n) is 7.47. The van der Waals surface area contributed by atoms with E-state index in [4.69, 9.17) is 4.98 Å². The van der Waals surface area contributed by atoms with Crippen LogP contribution in [0.15, 0.2) is 54.6 Å². The van der Waals surface area contributed by atoms with Crippen molar-refractivity contribution in [3.63, 3.8) is 0 Å². The monoisotopic (exact) mass is 380 g/mol. The SMILES string of the molecule is C[NH+](CC(=O)N1CCC(c2nc3ccccc3s2)CC1)Cc1ccccc1. The Bertz CT molecular complexity index is 867. The zero-order valence-electron chi connectivity index (χ0n) is 15.7. The number of nitrogens with one attached hydrogen (secondary N) is 1. The molecule has 4 rings (SSSR count). The lowest BCUT2D eigenvalue weighted by Crippen LogP contribution is -3.08. The second-order valence-corrected chi connectivity index (χ2v) is 8.53. The number of carbonyl (C=O) groups is 1. The van der Waals surface area contributed by atoms with Crippen LogP contribution in [0.1, 0.15) is 29.3 Å². The quantitative estimate of drug-likeness (QED) is 0.739. The number of para-hydroxylation sites is 1. The van der Waals surface area contributed by atoms with Crippen LogP contribution in [0, 0.1) is 0 Å². The molecule has 1 aliphatic heterocycles. The number of likely N-dealkylation sites (N-methyl/N-ethyl adjacent to an activating group) is 1. The first-order valence-corrected chi connectivity index (χ1v) is 10.5. The van der Waals surface area contributed by atoms with Crippen molar-refractivity contribution in [1.82, 2.24) is 9.88 Å². The molecule has 0 radical (unpaired) electrons. The van der Waals surface area contributed by atoms with Crippen molar-refractivity contribution >= 4 is 27.5 Å². The fourth-order valence-electron chi connectivity index (χ4n) is 3.82. The summed E-state index contributed by atoms with van der Waals surface area (Å²) in [4.78, 5) is 20.8. The molecule has 1 N–H and O–H groups in total. The van der Waals surface area contributed by atoms with E-state index in [1.54, 1.807) is 11.3 Å². The molecule has 1 amide bonds. The lowest BCUT2D eigenvalue weighted by Gasteiger charge is -2.31. The largest absolute Gasteiger partial charge is 0.338 e. The third-order valence-corrected chi connectivity index (χ3v) is 6.51. The fraction of sp³-hybridized carbons (Fsp3) is 0.364. The number of thiazole rings is 1.